The number of nitrogens with zero attached hydrogens (tertiary/aromatic N) is 4. The van der Waals surface area contributed by atoms with Crippen molar-refractivity contribution in [3.63, 3.8) is 0 Å². The van der Waals surface area contributed by atoms with Crippen molar-refractivity contribution >= 4 is 15.7 Å². The van der Waals surface area contributed by atoms with Crippen molar-refractivity contribution in [2.45, 2.75) is 12.3 Å². The minimum Gasteiger partial charge on any atom is -0.373 e. The van der Waals surface area contributed by atoms with Crippen LogP contribution in [0.2, 0.25) is 0 Å². The second-order valence-electron chi connectivity index (χ2n) is 5.25. The zero-order chi connectivity index (χ0) is 15.0. The zero-order valence-corrected chi connectivity index (χ0v) is 12.8. The third-order valence-electron chi connectivity index (χ3n) is 3.60. The molecule has 1 atom stereocenters. The molecule has 8 heteroatoms. The summed E-state index contributed by atoms with van der Waals surface area (Å²) in [5.41, 5.74) is 1.64. The first kappa shape index (κ1) is 14.0. The van der Waals surface area contributed by atoms with E-state index in [2.05, 4.69) is 20.4 Å². The Morgan fingerprint density at radius 1 is 1.38 bits per heavy atom. The highest BCUT2D eigenvalue weighted by atomic mass is 32.2. The molecule has 0 radical (unpaired) electrons. The van der Waals surface area contributed by atoms with Crippen LogP contribution < -0.4 is 5.32 Å². The number of hydrogen-bond acceptors (Lipinski definition) is 6. The molecule has 3 rings (SSSR count). The van der Waals surface area contributed by atoms with E-state index in [4.69, 9.17) is 0 Å². The van der Waals surface area contributed by atoms with Crippen LogP contribution in [0.25, 0.3) is 11.3 Å². The lowest BCUT2D eigenvalue weighted by Crippen LogP contribution is -2.09. The van der Waals surface area contributed by atoms with E-state index in [1.807, 2.05) is 19.3 Å². The predicted molar refractivity (Wildman–Crippen MR) is 79.8 cm³/mol. The predicted octanol–water partition coefficient (Wildman–Crippen LogP) is 0.821. The molecule has 0 bridgehead atoms. The molecule has 0 saturated carbocycles. The maximum absolute atomic E-state index is 11.6. The van der Waals surface area contributed by atoms with Crippen LogP contribution in [0.3, 0.4) is 0 Å². The van der Waals surface area contributed by atoms with Crippen LogP contribution in [0.1, 0.15) is 18.2 Å². The monoisotopic (exact) mass is 307 g/mol. The quantitative estimate of drug-likeness (QED) is 0.903. The van der Waals surface area contributed by atoms with E-state index >= 15 is 0 Å². The first-order valence-corrected chi connectivity index (χ1v) is 8.55. The van der Waals surface area contributed by atoms with E-state index in [-0.39, 0.29) is 17.4 Å². The summed E-state index contributed by atoms with van der Waals surface area (Å²) in [5.74, 6) is 1.49. The van der Waals surface area contributed by atoms with Gasteiger partial charge in [-0.15, -0.1) is 0 Å². The lowest BCUT2D eigenvalue weighted by Gasteiger charge is -2.10. The third-order valence-corrected chi connectivity index (χ3v) is 5.37. The van der Waals surface area contributed by atoms with E-state index in [0.29, 0.717) is 18.1 Å². The lowest BCUT2D eigenvalue weighted by atomic mass is 10.1. The molecular formula is C13H17N5O2S. The highest BCUT2D eigenvalue weighted by molar-refractivity contribution is 7.91. The van der Waals surface area contributed by atoms with Crippen molar-refractivity contribution in [1.82, 2.24) is 19.7 Å². The highest BCUT2D eigenvalue weighted by Gasteiger charge is 2.31. The topological polar surface area (TPSA) is 89.8 Å². The summed E-state index contributed by atoms with van der Waals surface area (Å²) in [6.07, 6.45) is 4.19. The fraction of sp³-hybridized carbons (Fsp3) is 0.462. The minimum absolute atomic E-state index is 0.126. The van der Waals surface area contributed by atoms with Gasteiger partial charge in [0, 0.05) is 37.8 Å². The lowest BCUT2D eigenvalue weighted by molar-refractivity contribution is 0.601. The second kappa shape index (κ2) is 5.10. The standard InChI is InChI=1S/C13H17N5O2S/c1-14-12-5-11(10-6-15-18(2)7-10)16-13(17-12)9-3-4-21(19,20)8-9/h5-7,9H,3-4,8H2,1-2H3,(H,14,16,17). The molecular weight excluding hydrogens is 290 g/mol. The molecule has 1 fully saturated rings. The smallest absolute Gasteiger partial charge is 0.151 e. The molecule has 0 amide bonds. The van der Waals surface area contributed by atoms with E-state index < -0.39 is 9.84 Å². The Labute approximate surface area is 123 Å². The molecule has 21 heavy (non-hydrogen) atoms. The van der Waals surface area contributed by atoms with E-state index in [9.17, 15) is 8.42 Å². The zero-order valence-electron chi connectivity index (χ0n) is 11.9. The summed E-state index contributed by atoms with van der Waals surface area (Å²) in [6.45, 7) is 0. The van der Waals surface area contributed by atoms with Crippen LogP contribution in [0.5, 0.6) is 0 Å². The van der Waals surface area contributed by atoms with Crippen LogP contribution in [-0.4, -0.2) is 46.7 Å². The Kier molecular flexibility index (Phi) is 3.40. The number of anilines is 1. The molecule has 1 saturated heterocycles. The van der Waals surface area contributed by atoms with Crippen molar-refractivity contribution in [2.24, 2.45) is 7.05 Å². The van der Waals surface area contributed by atoms with Crippen molar-refractivity contribution in [3.05, 3.63) is 24.3 Å². The number of hydrogen-bond donors (Lipinski definition) is 1. The average molecular weight is 307 g/mol. The average Bonchev–Trinajstić information content (AvgIpc) is 3.04. The van der Waals surface area contributed by atoms with Gasteiger partial charge in [0.2, 0.25) is 0 Å². The molecule has 0 spiro atoms. The van der Waals surface area contributed by atoms with Crippen LogP contribution in [0.15, 0.2) is 18.5 Å². The fourth-order valence-corrected chi connectivity index (χ4v) is 4.22. The van der Waals surface area contributed by atoms with Crippen LogP contribution in [0.4, 0.5) is 5.82 Å². The summed E-state index contributed by atoms with van der Waals surface area (Å²) < 4.78 is 25.0. The number of sulfone groups is 1. The number of aromatic nitrogens is 4. The molecule has 3 heterocycles. The molecule has 2 aromatic rings. The van der Waals surface area contributed by atoms with Gasteiger partial charge in [0.25, 0.3) is 0 Å². The number of rotatable bonds is 3. The van der Waals surface area contributed by atoms with E-state index in [0.717, 1.165) is 11.3 Å². The summed E-state index contributed by atoms with van der Waals surface area (Å²) in [7, 11) is 0.670. The Balaban J connectivity index is 2.01. The van der Waals surface area contributed by atoms with Gasteiger partial charge in [-0.3, -0.25) is 4.68 Å². The maximum atomic E-state index is 11.6. The first-order chi connectivity index (χ1) is 9.97. The van der Waals surface area contributed by atoms with E-state index in [1.165, 1.54) is 0 Å². The van der Waals surface area contributed by atoms with Crippen molar-refractivity contribution in [2.75, 3.05) is 23.9 Å². The van der Waals surface area contributed by atoms with Crippen LogP contribution in [-0.2, 0) is 16.9 Å². The summed E-state index contributed by atoms with van der Waals surface area (Å²) in [5, 5.41) is 7.14. The van der Waals surface area contributed by atoms with E-state index in [1.54, 1.807) is 17.9 Å². The van der Waals surface area contributed by atoms with Crippen molar-refractivity contribution in [1.29, 1.82) is 0 Å². The Hall–Kier alpha value is -1.96. The highest BCUT2D eigenvalue weighted by Crippen LogP contribution is 2.29. The maximum Gasteiger partial charge on any atom is 0.151 e. The van der Waals surface area contributed by atoms with Crippen molar-refractivity contribution < 1.29 is 8.42 Å². The molecule has 0 aromatic carbocycles. The Morgan fingerprint density at radius 2 is 2.19 bits per heavy atom. The first-order valence-electron chi connectivity index (χ1n) is 6.73. The van der Waals surface area contributed by atoms with Crippen LogP contribution in [0, 0.1) is 0 Å². The molecule has 7 nitrogen and oxygen atoms in total. The van der Waals surface area contributed by atoms with Gasteiger partial charge in [0.05, 0.1) is 23.4 Å². The number of nitrogens with one attached hydrogen (secondary N) is 1. The largest absolute Gasteiger partial charge is 0.373 e. The molecule has 1 N–H and O–H groups in total. The molecule has 1 aliphatic rings. The minimum atomic E-state index is -2.95. The van der Waals surface area contributed by atoms with Gasteiger partial charge in [-0.25, -0.2) is 18.4 Å². The Morgan fingerprint density at radius 3 is 2.76 bits per heavy atom. The van der Waals surface area contributed by atoms with Gasteiger partial charge in [0.1, 0.15) is 11.6 Å². The molecule has 1 aliphatic heterocycles. The van der Waals surface area contributed by atoms with Gasteiger partial charge in [-0.2, -0.15) is 5.10 Å². The normalized spacial score (nSPS) is 20.6. The van der Waals surface area contributed by atoms with Crippen molar-refractivity contribution in [3.8, 4) is 11.3 Å². The second-order valence-corrected chi connectivity index (χ2v) is 7.48. The van der Waals surface area contributed by atoms with Crippen LogP contribution >= 0.6 is 0 Å². The molecule has 2 aromatic heterocycles. The van der Waals surface area contributed by atoms with Gasteiger partial charge in [-0.1, -0.05) is 0 Å². The van der Waals surface area contributed by atoms with Gasteiger partial charge < -0.3 is 5.32 Å². The van der Waals surface area contributed by atoms with Gasteiger partial charge in [-0.05, 0) is 6.42 Å². The van der Waals surface area contributed by atoms with Gasteiger partial charge >= 0.3 is 0 Å². The van der Waals surface area contributed by atoms with Gasteiger partial charge in [0.15, 0.2) is 9.84 Å². The fourth-order valence-electron chi connectivity index (χ4n) is 2.48. The third kappa shape index (κ3) is 2.90. The molecule has 112 valence electrons. The molecule has 1 unspecified atom stereocenters. The summed E-state index contributed by atoms with van der Waals surface area (Å²) in [4.78, 5) is 8.96. The number of aryl methyl sites for hydroxylation is 1. The summed E-state index contributed by atoms with van der Waals surface area (Å²) in [6, 6.07) is 1.84. The SMILES string of the molecule is CNc1cc(-c2cnn(C)c2)nc(C2CCS(=O)(=O)C2)n1. The Bertz CT molecular complexity index is 769. The molecule has 0 aliphatic carbocycles. The summed E-state index contributed by atoms with van der Waals surface area (Å²) >= 11 is 0.